The monoisotopic (exact) mass is 607 g/mol. The molecule has 1 unspecified atom stereocenters. The van der Waals surface area contributed by atoms with Crippen molar-refractivity contribution in [3.05, 3.63) is 67.0 Å². The van der Waals surface area contributed by atoms with E-state index >= 15 is 0 Å². The Balaban J connectivity index is 1.20. The van der Waals surface area contributed by atoms with Gasteiger partial charge in [0, 0.05) is 53.8 Å². The quantitative estimate of drug-likeness (QED) is 0.146. The number of anilines is 1. The van der Waals surface area contributed by atoms with Crippen LogP contribution in [0.25, 0.3) is 56.0 Å². The number of rotatable bonds is 10. The largest absolute Gasteiger partial charge is 0.492 e. The van der Waals surface area contributed by atoms with Gasteiger partial charge in [-0.25, -0.2) is 14.4 Å². The molecule has 1 saturated carbocycles. The number of aliphatic hydroxyl groups excluding tert-OH is 1. The molecule has 0 bridgehead atoms. The summed E-state index contributed by atoms with van der Waals surface area (Å²) in [4.78, 5) is 23.8. The lowest BCUT2D eigenvalue weighted by Crippen LogP contribution is -2.26. The van der Waals surface area contributed by atoms with Gasteiger partial charge in [-0.1, -0.05) is 12.8 Å². The minimum absolute atomic E-state index is 0.254. The van der Waals surface area contributed by atoms with Gasteiger partial charge in [0.15, 0.2) is 11.5 Å². The molecule has 5 heterocycles. The van der Waals surface area contributed by atoms with E-state index in [1.807, 2.05) is 37.2 Å². The first-order chi connectivity index (χ1) is 21.9. The maximum atomic E-state index is 14.7. The number of H-pyrrole nitrogens is 2. The molecule has 1 atom stereocenters. The van der Waals surface area contributed by atoms with Crippen molar-refractivity contribution < 1.29 is 14.2 Å². The van der Waals surface area contributed by atoms with Gasteiger partial charge >= 0.3 is 0 Å². The number of halogens is 1. The van der Waals surface area contributed by atoms with Crippen LogP contribution in [-0.4, -0.2) is 78.6 Å². The Morgan fingerprint density at radius 2 is 1.89 bits per heavy atom. The molecule has 230 valence electrons. The molecular weight excluding hydrogens is 573 g/mol. The maximum Gasteiger partial charge on any atom is 0.181 e. The van der Waals surface area contributed by atoms with E-state index in [1.165, 1.54) is 12.1 Å². The number of nitrogens with one attached hydrogen (secondary N) is 3. The summed E-state index contributed by atoms with van der Waals surface area (Å²) in [7, 11) is 3.91. The van der Waals surface area contributed by atoms with Crippen LogP contribution in [0.1, 0.15) is 25.7 Å². The number of imidazole rings is 1. The number of hydrogen-bond acceptors (Lipinski definition) is 9. The Morgan fingerprint density at radius 3 is 2.73 bits per heavy atom. The van der Waals surface area contributed by atoms with Gasteiger partial charge in [-0.3, -0.25) is 15.1 Å². The van der Waals surface area contributed by atoms with E-state index in [4.69, 9.17) is 9.72 Å². The lowest BCUT2D eigenvalue weighted by Gasteiger charge is -2.20. The smallest absolute Gasteiger partial charge is 0.181 e. The molecule has 1 aliphatic rings. The van der Waals surface area contributed by atoms with Gasteiger partial charge in [-0.2, -0.15) is 5.10 Å². The molecular formula is C33H34FN9O2. The van der Waals surface area contributed by atoms with Gasteiger partial charge in [0.1, 0.15) is 35.6 Å². The Labute approximate surface area is 258 Å². The molecule has 0 spiro atoms. The fraction of sp³-hybridized carbons (Fsp3) is 0.303. The summed E-state index contributed by atoms with van der Waals surface area (Å²) in [6, 6.07) is 10.4. The van der Waals surface area contributed by atoms with Gasteiger partial charge < -0.3 is 25.0 Å². The maximum absolute atomic E-state index is 14.7. The molecule has 0 amide bonds. The third-order valence-corrected chi connectivity index (χ3v) is 8.23. The number of aliphatic hydroxyl groups is 1. The highest BCUT2D eigenvalue weighted by atomic mass is 19.1. The number of fused-ring (bicyclic) bond motifs is 2. The van der Waals surface area contributed by atoms with Crippen molar-refractivity contribution in [3.63, 3.8) is 0 Å². The molecule has 0 saturated heterocycles. The van der Waals surface area contributed by atoms with Crippen molar-refractivity contribution in [1.82, 2.24) is 40.0 Å². The predicted molar refractivity (Wildman–Crippen MR) is 171 cm³/mol. The number of pyridine rings is 3. The Hall–Kier alpha value is -4.94. The summed E-state index contributed by atoms with van der Waals surface area (Å²) in [5.74, 6) is 0.820. The predicted octanol–water partition coefficient (Wildman–Crippen LogP) is 5.63. The van der Waals surface area contributed by atoms with Gasteiger partial charge in [-0.15, -0.1) is 0 Å². The molecule has 1 fully saturated rings. The second-order valence-corrected chi connectivity index (χ2v) is 11.8. The fourth-order valence-corrected chi connectivity index (χ4v) is 5.87. The summed E-state index contributed by atoms with van der Waals surface area (Å²) in [5, 5.41) is 22.1. The van der Waals surface area contributed by atoms with Crippen LogP contribution in [-0.2, 0) is 0 Å². The number of aromatic amines is 2. The molecule has 0 radical (unpaired) electrons. The minimum Gasteiger partial charge on any atom is -0.492 e. The summed E-state index contributed by atoms with van der Waals surface area (Å²) in [5.41, 5.74) is 6.07. The van der Waals surface area contributed by atoms with Crippen LogP contribution >= 0.6 is 0 Å². The van der Waals surface area contributed by atoms with Gasteiger partial charge in [0.2, 0.25) is 0 Å². The molecule has 0 aliphatic heterocycles. The Kier molecular flexibility index (Phi) is 7.82. The van der Waals surface area contributed by atoms with E-state index in [1.54, 1.807) is 30.9 Å². The first-order valence-electron chi connectivity index (χ1n) is 15.1. The molecule has 4 N–H and O–H groups in total. The molecule has 11 nitrogen and oxygen atoms in total. The first-order valence-corrected chi connectivity index (χ1v) is 15.1. The average Bonchev–Trinajstić information content (AvgIpc) is 3.80. The number of ether oxygens (including phenoxy) is 1. The van der Waals surface area contributed by atoms with E-state index in [2.05, 4.69) is 35.5 Å². The second kappa shape index (κ2) is 12.2. The zero-order valence-corrected chi connectivity index (χ0v) is 25.1. The van der Waals surface area contributed by atoms with E-state index in [-0.39, 0.29) is 5.92 Å². The standard InChI is InChI=1S/C33H34FN9O2/c1-43(2)9-10-45-25-13-20(11-23(34)15-25)28-30-27(7-8-36-28)39-32(40-30)29-26-14-22(17-37-31(26)42-41-29)21-12-24(18-35-16-21)38-33(44)19-5-3-4-6-19/h7-8,11-19,33,38,44H,3-6,9-10H2,1-2H3,(H,39,40)(H,37,41,42). The highest BCUT2D eigenvalue weighted by Gasteiger charge is 2.23. The fourth-order valence-electron chi connectivity index (χ4n) is 5.87. The molecule has 5 aromatic heterocycles. The normalized spacial score (nSPS) is 14.5. The van der Waals surface area contributed by atoms with Gasteiger partial charge in [0.05, 0.1) is 28.5 Å². The van der Waals surface area contributed by atoms with E-state index in [0.717, 1.165) is 53.4 Å². The van der Waals surface area contributed by atoms with E-state index in [0.29, 0.717) is 52.8 Å². The number of likely N-dealkylation sites (N-methyl/N-ethyl adjacent to an activating group) is 1. The minimum atomic E-state index is -0.604. The molecule has 6 aromatic rings. The van der Waals surface area contributed by atoms with Crippen molar-refractivity contribution in [3.8, 4) is 39.7 Å². The van der Waals surface area contributed by atoms with Crippen LogP contribution in [0.3, 0.4) is 0 Å². The Bertz CT molecular complexity index is 1970. The van der Waals surface area contributed by atoms with E-state index < -0.39 is 12.0 Å². The third-order valence-electron chi connectivity index (χ3n) is 8.23. The molecule has 45 heavy (non-hydrogen) atoms. The highest BCUT2D eigenvalue weighted by Crippen LogP contribution is 2.34. The first kappa shape index (κ1) is 28.8. The second-order valence-electron chi connectivity index (χ2n) is 11.8. The highest BCUT2D eigenvalue weighted by molar-refractivity contribution is 5.96. The summed E-state index contributed by atoms with van der Waals surface area (Å²) in [6.45, 7) is 1.14. The number of aromatic nitrogens is 7. The lowest BCUT2D eigenvalue weighted by atomic mass is 10.1. The zero-order valence-electron chi connectivity index (χ0n) is 25.1. The van der Waals surface area contributed by atoms with Gasteiger partial charge in [0.25, 0.3) is 0 Å². The average molecular weight is 608 g/mol. The van der Waals surface area contributed by atoms with Crippen LogP contribution in [0.5, 0.6) is 5.75 Å². The molecule has 12 heteroatoms. The van der Waals surface area contributed by atoms with Crippen LogP contribution < -0.4 is 10.1 Å². The van der Waals surface area contributed by atoms with Crippen LogP contribution in [0.2, 0.25) is 0 Å². The summed E-state index contributed by atoms with van der Waals surface area (Å²) in [6.07, 6.45) is 10.7. The number of benzene rings is 1. The Morgan fingerprint density at radius 1 is 1.04 bits per heavy atom. The van der Waals surface area contributed by atoms with Crippen molar-refractivity contribution in [2.75, 3.05) is 32.6 Å². The van der Waals surface area contributed by atoms with Crippen LogP contribution in [0.4, 0.5) is 10.1 Å². The third kappa shape index (κ3) is 6.06. The van der Waals surface area contributed by atoms with Crippen molar-refractivity contribution in [2.45, 2.75) is 31.9 Å². The van der Waals surface area contributed by atoms with Gasteiger partial charge in [-0.05, 0) is 57.3 Å². The summed E-state index contributed by atoms with van der Waals surface area (Å²) >= 11 is 0. The van der Waals surface area contributed by atoms with Crippen LogP contribution in [0.15, 0.2) is 61.2 Å². The topological polar surface area (TPSA) is 141 Å². The number of nitrogens with zero attached hydrogens (tertiary/aromatic N) is 6. The van der Waals surface area contributed by atoms with Crippen molar-refractivity contribution in [1.29, 1.82) is 0 Å². The molecule has 1 aromatic carbocycles. The number of hydrogen-bond donors (Lipinski definition) is 4. The lowest BCUT2D eigenvalue weighted by molar-refractivity contribution is 0.137. The molecule has 1 aliphatic carbocycles. The van der Waals surface area contributed by atoms with Crippen molar-refractivity contribution >= 4 is 27.8 Å². The van der Waals surface area contributed by atoms with Crippen LogP contribution in [0, 0.1) is 11.7 Å². The molecule has 7 rings (SSSR count). The van der Waals surface area contributed by atoms with E-state index in [9.17, 15) is 9.50 Å². The summed E-state index contributed by atoms with van der Waals surface area (Å²) < 4.78 is 20.5. The SMILES string of the molecule is CN(C)CCOc1cc(F)cc(-c2nccc3[nH]c(-c4[nH]nc5ncc(-c6cncc(NC(O)C7CCCC7)c6)cc45)nc23)c1. The van der Waals surface area contributed by atoms with Crippen molar-refractivity contribution in [2.24, 2.45) is 5.92 Å². The zero-order chi connectivity index (χ0) is 30.9.